The first-order valence-electron chi connectivity index (χ1n) is 8.32. The minimum atomic E-state index is 0.403. The van der Waals surface area contributed by atoms with Crippen LogP contribution in [0.5, 0.6) is 0 Å². The highest BCUT2D eigenvalue weighted by atomic mass is 16.5. The monoisotopic (exact) mass is 299 g/mol. The van der Waals surface area contributed by atoms with Crippen molar-refractivity contribution in [3.8, 4) is 0 Å². The van der Waals surface area contributed by atoms with Gasteiger partial charge in [0.25, 0.3) is 0 Å². The number of nitrogens with zero attached hydrogens (tertiary/aromatic N) is 3. The van der Waals surface area contributed by atoms with Crippen LogP contribution in [0.15, 0.2) is 35.0 Å². The molecule has 1 aliphatic heterocycles. The van der Waals surface area contributed by atoms with E-state index in [1.165, 1.54) is 25.0 Å². The van der Waals surface area contributed by atoms with Crippen LogP contribution >= 0.6 is 0 Å². The zero-order chi connectivity index (χ0) is 15.4. The predicted octanol–water partition coefficient (Wildman–Crippen LogP) is 4.00. The highest BCUT2D eigenvalue weighted by molar-refractivity contribution is 5.12. The van der Waals surface area contributed by atoms with E-state index in [9.17, 15) is 0 Å². The Morgan fingerprint density at radius 3 is 3.00 bits per heavy atom. The molecule has 2 aromatic heterocycles. The summed E-state index contributed by atoms with van der Waals surface area (Å²) in [6.45, 7) is 6.35. The molecule has 118 valence electrons. The molecule has 0 saturated carbocycles. The van der Waals surface area contributed by atoms with Crippen molar-refractivity contribution < 1.29 is 4.52 Å². The van der Waals surface area contributed by atoms with Crippen molar-refractivity contribution in [3.63, 3.8) is 0 Å². The van der Waals surface area contributed by atoms with E-state index in [0.717, 1.165) is 31.0 Å². The first-order valence-corrected chi connectivity index (χ1v) is 8.32. The molecule has 0 spiro atoms. The fourth-order valence-electron chi connectivity index (χ4n) is 3.23. The first-order chi connectivity index (χ1) is 10.7. The van der Waals surface area contributed by atoms with Crippen LogP contribution in [0.4, 0.5) is 0 Å². The largest absolute Gasteiger partial charge is 0.361 e. The number of hydrogen-bond donors (Lipinski definition) is 0. The van der Waals surface area contributed by atoms with Crippen molar-refractivity contribution in [2.24, 2.45) is 5.92 Å². The Bertz CT molecular complexity index is 579. The van der Waals surface area contributed by atoms with Gasteiger partial charge in [-0.1, -0.05) is 31.5 Å². The van der Waals surface area contributed by atoms with Crippen LogP contribution in [-0.2, 0) is 13.0 Å². The Labute approximate surface area is 132 Å². The molecule has 0 aliphatic carbocycles. The van der Waals surface area contributed by atoms with E-state index in [1.54, 1.807) is 0 Å². The van der Waals surface area contributed by atoms with Crippen molar-refractivity contribution in [2.75, 3.05) is 6.54 Å². The second kappa shape index (κ2) is 7.05. The molecule has 4 heteroatoms. The maximum absolute atomic E-state index is 5.47. The topological polar surface area (TPSA) is 42.2 Å². The Morgan fingerprint density at radius 1 is 1.32 bits per heavy atom. The van der Waals surface area contributed by atoms with Crippen molar-refractivity contribution in [2.45, 2.75) is 52.1 Å². The van der Waals surface area contributed by atoms with Gasteiger partial charge in [0.2, 0.25) is 0 Å². The normalized spacial score (nSPS) is 19.7. The molecule has 1 atom stereocenters. The van der Waals surface area contributed by atoms with E-state index in [1.807, 2.05) is 12.3 Å². The second-order valence-corrected chi connectivity index (χ2v) is 6.62. The lowest BCUT2D eigenvalue weighted by Gasteiger charge is -2.34. The minimum Gasteiger partial charge on any atom is -0.361 e. The van der Waals surface area contributed by atoms with Gasteiger partial charge < -0.3 is 4.52 Å². The summed E-state index contributed by atoms with van der Waals surface area (Å²) in [6.07, 6.45) is 6.54. The average Bonchev–Trinajstić information content (AvgIpc) is 2.95. The number of aromatic nitrogens is 2. The fraction of sp³-hybridized carbons (Fsp3) is 0.556. The lowest BCUT2D eigenvalue weighted by molar-refractivity contribution is 0.133. The number of likely N-dealkylation sites (tertiary alicyclic amines) is 1. The molecule has 1 unspecified atom stereocenters. The van der Waals surface area contributed by atoms with E-state index in [2.05, 4.69) is 47.1 Å². The van der Waals surface area contributed by atoms with Gasteiger partial charge in [-0.05, 0) is 37.4 Å². The molecule has 0 N–H and O–H groups in total. The standard InChI is InChI=1S/C18H25N3O/c1-14(2)11-16-12-15(20-22-16)13-21-10-6-4-8-18(21)17-7-3-5-9-19-17/h3,5,7,9,12,14,18H,4,6,8,10-11,13H2,1-2H3. The molecule has 0 aromatic carbocycles. The Balaban J connectivity index is 1.70. The number of piperidine rings is 1. The molecular formula is C18H25N3O. The van der Waals surface area contributed by atoms with Gasteiger partial charge in [0.15, 0.2) is 0 Å². The molecule has 22 heavy (non-hydrogen) atoms. The summed E-state index contributed by atoms with van der Waals surface area (Å²) >= 11 is 0. The molecule has 3 rings (SSSR count). The third-order valence-corrected chi connectivity index (χ3v) is 4.23. The first kappa shape index (κ1) is 15.2. The summed E-state index contributed by atoms with van der Waals surface area (Å²) in [6, 6.07) is 8.71. The van der Waals surface area contributed by atoms with Gasteiger partial charge in [-0.25, -0.2) is 0 Å². The van der Waals surface area contributed by atoms with Gasteiger partial charge in [0.05, 0.1) is 17.4 Å². The Hall–Kier alpha value is -1.68. The molecule has 4 nitrogen and oxygen atoms in total. The summed E-state index contributed by atoms with van der Waals surface area (Å²) in [7, 11) is 0. The van der Waals surface area contributed by atoms with Crippen LogP contribution in [0.25, 0.3) is 0 Å². The maximum Gasteiger partial charge on any atom is 0.137 e. The van der Waals surface area contributed by atoms with Gasteiger partial charge in [0.1, 0.15) is 5.76 Å². The Kier molecular flexibility index (Phi) is 4.88. The van der Waals surface area contributed by atoms with Gasteiger partial charge in [-0.2, -0.15) is 0 Å². The molecule has 0 bridgehead atoms. The lowest BCUT2D eigenvalue weighted by Crippen LogP contribution is -2.33. The molecule has 1 aliphatic rings. The van der Waals surface area contributed by atoms with Crippen LogP contribution in [0.2, 0.25) is 0 Å². The Morgan fingerprint density at radius 2 is 2.23 bits per heavy atom. The number of pyridine rings is 1. The molecule has 0 radical (unpaired) electrons. The highest BCUT2D eigenvalue weighted by Gasteiger charge is 2.25. The van der Waals surface area contributed by atoms with Crippen LogP contribution < -0.4 is 0 Å². The number of rotatable bonds is 5. The van der Waals surface area contributed by atoms with Gasteiger partial charge in [-0.15, -0.1) is 0 Å². The number of hydrogen-bond acceptors (Lipinski definition) is 4. The maximum atomic E-state index is 5.47. The second-order valence-electron chi connectivity index (χ2n) is 6.62. The van der Waals surface area contributed by atoms with Crippen LogP contribution in [-0.4, -0.2) is 21.6 Å². The molecular weight excluding hydrogens is 274 g/mol. The van der Waals surface area contributed by atoms with Crippen LogP contribution in [0, 0.1) is 5.92 Å². The molecule has 1 fully saturated rings. The summed E-state index contributed by atoms with van der Waals surface area (Å²) in [5.41, 5.74) is 2.21. The van der Waals surface area contributed by atoms with E-state index >= 15 is 0 Å². The SMILES string of the molecule is CC(C)Cc1cc(CN2CCCCC2c2ccccn2)no1. The molecule has 3 heterocycles. The lowest BCUT2D eigenvalue weighted by atomic mass is 9.98. The van der Waals surface area contributed by atoms with Crippen molar-refractivity contribution in [3.05, 3.63) is 47.6 Å². The minimum absolute atomic E-state index is 0.403. The van der Waals surface area contributed by atoms with Crippen LogP contribution in [0.3, 0.4) is 0 Å². The van der Waals surface area contributed by atoms with Crippen molar-refractivity contribution >= 4 is 0 Å². The van der Waals surface area contributed by atoms with E-state index < -0.39 is 0 Å². The smallest absolute Gasteiger partial charge is 0.137 e. The van der Waals surface area contributed by atoms with Crippen LogP contribution in [0.1, 0.15) is 56.3 Å². The summed E-state index contributed by atoms with van der Waals surface area (Å²) in [5.74, 6) is 1.59. The molecule has 0 amide bonds. The molecule has 2 aromatic rings. The summed E-state index contributed by atoms with van der Waals surface area (Å²) < 4.78 is 5.47. The van der Waals surface area contributed by atoms with E-state index in [-0.39, 0.29) is 0 Å². The summed E-state index contributed by atoms with van der Waals surface area (Å²) in [5, 5.41) is 4.25. The van der Waals surface area contributed by atoms with Crippen molar-refractivity contribution in [1.82, 2.24) is 15.0 Å². The third-order valence-electron chi connectivity index (χ3n) is 4.23. The van der Waals surface area contributed by atoms with Gasteiger partial charge >= 0.3 is 0 Å². The molecule has 1 saturated heterocycles. The zero-order valence-electron chi connectivity index (χ0n) is 13.5. The van der Waals surface area contributed by atoms with E-state index in [4.69, 9.17) is 4.52 Å². The van der Waals surface area contributed by atoms with E-state index in [0.29, 0.717) is 12.0 Å². The fourth-order valence-corrected chi connectivity index (χ4v) is 3.23. The van der Waals surface area contributed by atoms with Gasteiger partial charge in [0, 0.05) is 25.2 Å². The van der Waals surface area contributed by atoms with Gasteiger partial charge in [-0.3, -0.25) is 9.88 Å². The quantitative estimate of drug-likeness (QED) is 0.837. The zero-order valence-corrected chi connectivity index (χ0v) is 13.5. The average molecular weight is 299 g/mol. The predicted molar refractivity (Wildman–Crippen MR) is 86.3 cm³/mol. The highest BCUT2D eigenvalue weighted by Crippen LogP contribution is 2.30. The summed E-state index contributed by atoms with van der Waals surface area (Å²) in [4.78, 5) is 7.04. The third kappa shape index (κ3) is 3.74. The van der Waals surface area contributed by atoms with Crippen molar-refractivity contribution in [1.29, 1.82) is 0 Å².